The SMILES string of the molecule is C[C@H]1CCC[C@H](C)N1C(=O)CNc1ccc(-c2nnnn2C2CC2)cc1. The minimum atomic E-state index is 0.173. The summed E-state index contributed by atoms with van der Waals surface area (Å²) in [5.41, 5.74) is 1.93. The Morgan fingerprint density at radius 2 is 1.81 bits per heavy atom. The van der Waals surface area contributed by atoms with Gasteiger partial charge in [-0.05, 0) is 80.6 Å². The maximum Gasteiger partial charge on any atom is 0.242 e. The van der Waals surface area contributed by atoms with Gasteiger partial charge >= 0.3 is 0 Å². The molecule has 26 heavy (non-hydrogen) atoms. The number of anilines is 1. The zero-order valence-corrected chi connectivity index (χ0v) is 15.4. The van der Waals surface area contributed by atoms with Crippen molar-refractivity contribution in [1.82, 2.24) is 25.1 Å². The van der Waals surface area contributed by atoms with Gasteiger partial charge in [0.1, 0.15) is 0 Å². The summed E-state index contributed by atoms with van der Waals surface area (Å²) in [5, 5.41) is 15.3. The molecule has 1 aromatic heterocycles. The molecule has 1 saturated heterocycles. The molecular formula is C19H26N6O. The van der Waals surface area contributed by atoms with Gasteiger partial charge in [0.2, 0.25) is 5.91 Å². The van der Waals surface area contributed by atoms with Crippen molar-refractivity contribution in [1.29, 1.82) is 0 Å². The molecule has 138 valence electrons. The summed E-state index contributed by atoms with van der Waals surface area (Å²) in [7, 11) is 0. The molecule has 2 atom stereocenters. The summed E-state index contributed by atoms with van der Waals surface area (Å²) in [4.78, 5) is 14.6. The second kappa shape index (κ2) is 7.05. The Morgan fingerprint density at radius 1 is 1.12 bits per heavy atom. The number of benzene rings is 1. The highest BCUT2D eigenvalue weighted by molar-refractivity contribution is 5.81. The molecule has 2 aliphatic rings. The molecule has 1 aliphatic heterocycles. The van der Waals surface area contributed by atoms with Gasteiger partial charge in [0.15, 0.2) is 5.82 Å². The third-order valence-electron chi connectivity index (χ3n) is 5.45. The highest BCUT2D eigenvalue weighted by Crippen LogP contribution is 2.36. The molecule has 2 heterocycles. The van der Waals surface area contributed by atoms with Gasteiger partial charge in [0.25, 0.3) is 0 Å². The molecule has 0 bridgehead atoms. The maximum atomic E-state index is 12.6. The van der Waals surface area contributed by atoms with Crippen LogP contribution in [0.2, 0.25) is 0 Å². The first-order valence-electron chi connectivity index (χ1n) is 9.57. The average Bonchev–Trinajstić information content (AvgIpc) is 3.37. The molecule has 2 fully saturated rings. The number of nitrogens with zero attached hydrogens (tertiary/aromatic N) is 5. The van der Waals surface area contributed by atoms with E-state index in [2.05, 4.69) is 34.7 Å². The average molecular weight is 354 g/mol. The fourth-order valence-corrected chi connectivity index (χ4v) is 3.87. The molecule has 7 nitrogen and oxygen atoms in total. The third kappa shape index (κ3) is 3.43. The smallest absolute Gasteiger partial charge is 0.242 e. The molecule has 7 heteroatoms. The standard InChI is InChI=1S/C19H26N6O/c1-13-4-3-5-14(2)24(13)18(26)12-20-16-8-6-15(7-9-16)19-21-22-23-25(19)17-10-11-17/h6-9,13-14,17,20H,3-5,10-12H2,1-2H3/t13-,14-/m0/s1. The highest BCUT2D eigenvalue weighted by atomic mass is 16.2. The van der Waals surface area contributed by atoms with Crippen molar-refractivity contribution in [2.45, 2.75) is 64.1 Å². The number of tetrazole rings is 1. The fourth-order valence-electron chi connectivity index (χ4n) is 3.87. The molecule has 1 aliphatic carbocycles. The molecule has 2 aromatic rings. The molecule has 0 unspecified atom stereocenters. The van der Waals surface area contributed by atoms with Gasteiger partial charge in [-0.2, -0.15) is 0 Å². The zero-order valence-electron chi connectivity index (χ0n) is 15.4. The number of carbonyl (C=O) groups excluding carboxylic acids is 1. The van der Waals surface area contributed by atoms with Crippen LogP contribution in [-0.4, -0.2) is 49.6 Å². The molecule has 1 saturated carbocycles. The van der Waals surface area contributed by atoms with Crippen molar-refractivity contribution >= 4 is 11.6 Å². The minimum absolute atomic E-state index is 0.173. The summed E-state index contributed by atoms with van der Waals surface area (Å²) in [6, 6.07) is 9.08. The van der Waals surface area contributed by atoms with Crippen molar-refractivity contribution in [2.24, 2.45) is 0 Å². The van der Waals surface area contributed by atoms with Gasteiger partial charge in [0.05, 0.1) is 12.6 Å². The molecule has 1 aromatic carbocycles. The van der Waals surface area contributed by atoms with E-state index < -0.39 is 0 Å². The lowest BCUT2D eigenvalue weighted by molar-refractivity contribution is -0.135. The number of rotatable bonds is 5. The van der Waals surface area contributed by atoms with Gasteiger partial charge in [-0.15, -0.1) is 5.10 Å². The third-order valence-corrected chi connectivity index (χ3v) is 5.45. The second-order valence-corrected chi connectivity index (χ2v) is 7.54. The largest absolute Gasteiger partial charge is 0.376 e. The van der Waals surface area contributed by atoms with E-state index in [0.717, 1.165) is 42.8 Å². The number of hydrogen-bond donors (Lipinski definition) is 1. The summed E-state index contributed by atoms with van der Waals surface area (Å²) >= 11 is 0. The van der Waals surface area contributed by atoms with Crippen molar-refractivity contribution in [3.8, 4) is 11.4 Å². The van der Waals surface area contributed by atoms with Gasteiger partial charge in [0, 0.05) is 23.3 Å². The number of piperidine rings is 1. The molecule has 1 N–H and O–H groups in total. The van der Waals surface area contributed by atoms with Crippen molar-refractivity contribution in [3.05, 3.63) is 24.3 Å². The van der Waals surface area contributed by atoms with Crippen LogP contribution in [0.3, 0.4) is 0 Å². The predicted octanol–water partition coefficient (Wildman–Crippen LogP) is 2.88. The highest BCUT2D eigenvalue weighted by Gasteiger charge is 2.29. The van der Waals surface area contributed by atoms with Gasteiger partial charge in [-0.3, -0.25) is 4.79 Å². The predicted molar refractivity (Wildman–Crippen MR) is 99.6 cm³/mol. The Bertz CT molecular complexity index is 757. The molecule has 4 rings (SSSR count). The van der Waals surface area contributed by atoms with Crippen molar-refractivity contribution < 1.29 is 4.79 Å². The maximum absolute atomic E-state index is 12.6. The zero-order chi connectivity index (χ0) is 18.1. The van der Waals surface area contributed by atoms with Crippen LogP contribution >= 0.6 is 0 Å². The number of amides is 1. The Hall–Kier alpha value is -2.44. The van der Waals surface area contributed by atoms with E-state index in [1.165, 1.54) is 6.42 Å². The van der Waals surface area contributed by atoms with E-state index in [1.54, 1.807) is 0 Å². The van der Waals surface area contributed by atoms with Crippen LogP contribution in [0.5, 0.6) is 0 Å². The van der Waals surface area contributed by atoms with Crippen molar-refractivity contribution in [3.63, 3.8) is 0 Å². The second-order valence-electron chi connectivity index (χ2n) is 7.54. The number of aromatic nitrogens is 4. The van der Waals surface area contributed by atoms with Crippen molar-refractivity contribution in [2.75, 3.05) is 11.9 Å². The van der Waals surface area contributed by atoms with Crippen LogP contribution in [0.1, 0.15) is 52.0 Å². The summed E-state index contributed by atoms with van der Waals surface area (Å²) in [6.07, 6.45) is 5.70. The number of carbonyl (C=O) groups is 1. The van der Waals surface area contributed by atoms with Crippen LogP contribution in [0.15, 0.2) is 24.3 Å². The Kier molecular flexibility index (Phi) is 4.61. The van der Waals surface area contributed by atoms with E-state index in [1.807, 2.05) is 33.8 Å². The van der Waals surface area contributed by atoms with E-state index in [0.29, 0.717) is 24.7 Å². The Balaban J connectivity index is 1.38. The lowest BCUT2D eigenvalue weighted by Crippen LogP contribution is -2.49. The first kappa shape index (κ1) is 17.0. The minimum Gasteiger partial charge on any atom is -0.376 e. The first-order chi connectivity index (χ1) is 12.6. The number of likely N-dealkylation sites (tertiary alicyclic amines) is 1. The van der Waals surface area contributed by atoms with Crippen LogP contribution in [0.25, 0.3) is 11.4 Å². The summed E-state index contributed by atoms with van der Waals surface area (Å²) < 4.78 is 1.91. The Morgan fingerprint density at radius 3 is 2.46 bits per heavy atom. The van der Waals surface area contributed by atoms with Gasteiger partial charge in [-0.1, -0.05) is 0 Å². The first-order valence-corrected chi connectivity index (χ1v) is 9.57. The van der Waals surface area contributed by atoms with Crippen LogP contribution < -0.4 is 5.32 Å². The number of hydrogen-bond acceptors (Lipinski definition) is 5. The van der Waals surface area contributed by atoms with E-state index in [-0.39, 0.29) is 5.91 Å². The molecule has 1 amide bonds. The quantitative estimate of drug-likeness (QED) is 0.893. The van der Waals surface area contributed by atoms with Crippen LogP contribution in [0, 0.1) is 0 Å². The summed E-state index contributed by atoms with van der Waals surface area (Å²) in [6.45, 7) is 4.62. The molecule has 0 radical (unpaired) electrons. The summed E-state index contributed by atoms with van der Waals surface area (Å²) in [5.74, 6) is 0.984. The van der Waals surface area contributed by atoms with Gasteiger partial charge in [-0.25, -0.2) is 4.68 Å². The molecule has 0 spiro atoms. The fraction of sp³-hybridized carbons (Fsp3) is 0.579. The van der Waals surface area contributed by atoms with E-state index in [4.69, 9.17) is 0 Å². The normalized spacial score (nSPS) is 23.1. The van der Waals surface area contributed by atoms with Crippen LogP contribution in [0.4, 0.5) is 5.69 Å². The lowest BCUT2D eigenvalue weighted by atomic mass is 9.97. The number of nitrogens with one attached hydrogen (secondary N) is 1. The van der Waals surface area contributed by atoms with Gasteiger partial charge < -0.3 is 10.2 Å². The topological polar surface area (TPSA) is 75.9 Å². The van der Waals surface area contributed by atoms with E-state index >= 15 is 0 Å². The monoisotopic (exact) mass is 354 g/mol. The van der Waals surface area contributed by atoms with Crippen LogP contribution in [-0.2, 0) is 4.79 Å². The molecular weight excluding hydrogens is 328 g/mol. The Labute approximate surface area is 153 Å². The van der Waals surface area contributed by atoms with E-state index in [9.17, 15) is 4.79 Å². The lowest BCUT2D eigenvalue weighted by Gasteiger charge is -2.39.